The standard InChI is InChI=1S/C18H26N2O2.ClH/c19-10-6-15-7-11-20(12-8-15)17(21)18(9-13-22-14-18)16-4-2-1-3-5-16;/h1-5,15H,6-14,19H2;1H. The fraction of sp³-hybridized carbons (Fsp3) is 0.611. The quantitative estimate of drug-likeness (QED) is 0.916. The zero-order chi connectivity index (χ0) is 15.4. The second-order valence-corrected chi connectivity index (χ2v) is 6.56. The number of nitrogens with two attached hydrogens (primary N) is 1. The summed E-state index contributed by atoms with van der Waals surface area (Å²) in [6.45, 7) is 3.65. The largest absolute Gasteiger partial charge is 0.380 e. The van der Waals surface area contributed by atoms with Crippen molar-refractivity contribution in [2.45, 2.75) is 31.1 Å². The van der Waals surface area contributed by atoms with Crippen LogP contribution in [0.3, 0.4) is 0 Å². The number of rotatable bonds is 4. The van der Waals surface area contributed by atoms with E-state index in [9.17, 15) is 4.79 Å². The van der Waals surface area contributed by atoms with Crippen LogP contribution in [0.5, 0.6) is 0 Å². The molecule has 2 fully saturated rings. The third-order valence-corrected chi connectivity index (χ3v) is 5.23. The molecule has 2 heterocycles. The molecule has 1 amide bonds. The van der Waals surface area contributed by atoms with Crippen LogP contribution in [-0.2, 0) is 14.9 Å². The van der Waals surface area contributed by atoms with E-state index in [1.165, 1.54) is 0 Å². The molecule has 128 valence electrons. The van der Waals surface area contributed by atoms with Gasteiger partial charge in [-0.3, -0.25) is 4.79 Å². The first kappa shape index (κ1) is 18.2. The summed E-state index contributed by atoms with van der Waals surface area (Å²) in [7, 11) is 0. The fourth-order valence-corrected chi connectivity index (χ4v) is 3.81. The first-order valence-electron chi connectivity index (χ1n) is 8.39. The molecule has 23 heavy (non-hydrogen) atoms. The highest BCUT2D eigenvalue weighted by Crippen LogP contribution is 2.36. The maximum Gasteiger partial charge on any atom is 0.235 e. The minimum Gasteiger partial charge on any atom is -0.380 e. The second-order valence-electron chi connectivity index (χ2n) is 6.56. The minimum atomic E-state index is -0.470. The zero-order valence-electron chi connectivity index (χ0n) is 13.6. The Bertz CT molecular complexity index is 495. The van der Waals surface area contributed by atoms with Crippen molar-refractivity contribution in [2.24, 2.45) is 11.7 Å². The first-order valence-corrected chi connectivity index (χ1v) is 8.39. The highest BCUT2D eigenvalue weighted by molar-refractivity contribution is 5.89. The minimum absolute atomic E-state index is 0. The van der Waals surface area contributed by atoms with Gasteiger partial charge in [0.25, 0.3) is 0 Å². The molecule has 4 nitrogen and oxygen atoms in total. The number of carbonyl (C=O) groups excluding carboxylic acids is 1. The van der Waals surface area contributed by atoms with Gasteiger partial charge in [0.15, 0.2) is 0 Å². The number of likely N-dealkylation sites (tertiary alicyclic amines) is 1. The summed E-state index contributed by atoms with van der Waals surface area (Å²) in [6, 6.07) is 10.1. The molecule has 2 aliphatic rings. The van der Waals surface area contributed by atoms with E-state index in [1.54, 1.807) is 0 Å². The molecule has 1 atom stereocenters. The molecule has 0 aromatic heterocycles. The molecule has 0 spiro atoms. The summed E-state index contributed by atoms with van der Waals surface area (Å²) < 4.78 is 5.62. The molecule has 0 bridgehead atoms. The van der Waals surface area contributed by atoms with Gasteiger partial charge < -0.3 is 15.4 Å². The number of amides is 1. The van der Waals surface area contributed by atoms with Gasteiger partial charge in [0, 0.05) is 19.7 Å². The third kappa shape index (κ3) is 3.70. The molecule has 2 saturated heterocycles. The Morgan fingerprint density at radius 2 is 1.96 bits per heavy atom. The summed E-state index contributed by atoms with van der Waals surface area (Å²) in [5.41, 5.74) is 6.28. The van der Waals surface area contributed by atoms with Gasteiger partial charge in [0.2, 0.25) is 5.91 Å². The summed E-state index contributed by atoms with van der Waals surface area (Å²) >= 11 is 0. The molecule has 0 radical (unpaired) electrons. The molecule has 1 unspecified atom stereocenters. The van der Waals surface area contributed by atoms with Crippen molar-refractivity contribution in [1.29, 1.82) is 0 Å². The van der Waals surface area contributed by atoms with Gasteiger partial charge in [-0.1, -0.05) is 30.3 Å². The van der Waals surface area contributed by atoms with Crippen molar-refractivity contribution in [2.75, 3.05) is 32.8 Å². The van der Waals surface area contributed by atoms with E-state index >= 15 is 0 Å². The van der Waals surface area contributed by atoms with E-state index in [2.05, 4.69) is 17.0 Å². The lowest BCUT2D eigenvalue weighted by molar-refractivity contribution is -0.139. The Labute approximate surface area is 144 Å². The van der Waals surface area contributed by atoms with Gasteiger partial charge >= 0.3 is 0 Å². The normalized spacial score (nSPS) is 25.2. The Hall–Kier alpha value is -1.10. The average Bonchev–Trinajstić information content (AvgIpc) is 3.07. The maximum atomic E-state index is 13.2. The van der Waals surface area contributed by atoms with Crippen molar-refractivity contribution >= 4 is 18.3 Å². The van der Waals surface area contributed by atoms with Crippen molar-refractivity contribution in [3.05, 3.63) is 35.9 Å². The van der Waals surface area contributed by atoms with Gasteiger partial charge in [-0.2, -0.15) is 0 Å². The number of hydrogen-bond donors (Lipinski definition) is 1. The fourth-order valence-electron chi connectivity index (χ4n) is 3.81. The van der Waals surface area contributed by atoms with Crippen LogP contribution in [0.2, 0.25) is 0 Å². The molecule has 1 aromatic carbocycles. The van der Waals surface area contributed by atoms with Crippen LogP contribution < -0.4 is 5.73 Å². The first-order chi connectivity index (χ1) is 10.8. The molecule has 3 rings (SSSR count). The van der Waals surface area contributed by atoms with E-state index in [1.807, 2.05) is 18.2 Å². The second kappa shape index (κ2) is 8.13. The molecule has 2 N–H and O–H groups in total. The van der Waals surface area contributed by atoms with Crippen LogP contribution in [0.15, 0.2) is 30.3 Å². The lowest BCUT2D eigenvalue weighted by Crippen LogP contribution is -2.50. The molecule has 0 saturated carbocycles. The van der Waals surface area contributed by atoms with Gasteiger partial charge in [-0.05, 0) is 43.7 Å². The summed E-state index contributed by atoms with van der Waals surface area (Å²) in [4.78, 5) is 15.3. The average molecular weight is 339 g/mol. The highest BCUT2D eigenvalue weighted by Gasteiger charge is 2.46. The van der Waals surface area contributed by atoms with Crippen molar-refractivity contribution in [3.63, 3.8) is 0 Å². The van der Waals surface area contributed by atoms with Crippen LogP contribution in [0.25, 0.3) is 0 Å². The van der Waals surface area contributed by atoms with E-state index in [0.717, 1.165) is 50.9 Å². The van der Waals surface area contributed by atoms with E-state index < -0.39 is 5.41 Å². The maximum absolute atomic E-state index is 13.2. The lowest BCUT2D eigenvalue weighted by Gasteiger charge is -2.38. The van der Waals surface area contributed by atoms with Gasteiger partial charge in [0.1, 0.15) is 0 Å². The summed E-state index contributed by atoms with van der Waals surface area (Å²) in [5.74, 6) is 0.934. The van der Waals surface area contributed by atoms with E-state index in [0.29, 0.717) is 19.1 Å². The van der Waals surface area contributed by atoms with Gasteiger partial charge in [0.05, 0.1) is 12.0 Å². The highest BCUT2D eigenvalue weighted by atomic mass is 35.5. The van der Waals surface area contributed by atoms with E-state index in [4.69, 9.17) is 10.5 Å². The van der Waals surface area contributed by atoms with Crippen LogP contribution in [0.4, 0.5) is 0 Å². The molecular weight excluding hydrogens is 312 g/mol. The third-order valence-electron chi connectivity index (χ3n) is 5.23. The Balaban J connectivity index is 0.00000192. The topological polar surface area (TPSA) is 55.6 Å². The van der Waals surface area contributed by atoms with Crippen molar-refractivity contribution in [1.82, 2.24) is 4.90 Å². The molecule has 5 heteroatoms. The number of hydrogen-bond acceptors (Lipinski definition) is 3. The van der Waals surface area contributed by atoms with Crippen molar-refractivity contribution in [3.8, 4) is 0 Å². The number of halogens is 1. The van der Waals surface area contributed by atoms with Gasteiger partial charge in [-0.15, -0.1) is 12.4 Å². The smallest absolute Gasteiger partial charge is 0.235 e. The Morgan fingerprint density at radius 1 is 1.26 bits per heavy atom. The molecule has 0 aliphatic carbocycles. The van der Waals surface area contributed by atoms with E-state index in [-0.39, 0.29) is 18.3 Å². The van der Waals surface area contributed by atoms with Crippen LogP contribution in [-0.4, -0.2) is 43.7 Å². The molecule has 2 aliphatic heterocycles. The predicted molar refractivity (Wildman–Crippen MR) is 93.8 cm³/mol. The molecular formula is C18H27ClN2O2. The Morgan fingerprint density at radius 3 is 2.52 bits per heavy atom. The summed E-state index contributed by atoms with van der Waals surface area (Å²) in [5, 5.41) is 0. The summed E-state index contributed by atoms with van der Waals surface area (Å²) in [6.07, 6.45) is 4.02. The molecule has 1 aromatic rings. The number of nitrogens with zero attached hydrogens (tertiary/aromatic N) is 1. The number of benzene rings is 1. The number of carbonyl (C=O) groups is 1. The van der Waals surface area contributed by atoms with Crippen molar-refractivity contribution < 1.29 is 9.53 Å². The van der Waals surface area contributed by atoms with Crippen LogP contribution in [0, 0.1) is 5.92 Å². The monoisotopic (exact) mass is 338 g/mol. The van der Waals surface area contributed by atoms with Gasteiger partial charge in [-0.25, -0.2) is 0 Å². The predicted octanol–water partition coefficient (Wildman–Crippen LogP) is 2.35. The lowest BCUT2D eigenvalue weighted by atomic mass is 9.78. The number of piperidine rings is 1. The number of ether oxygens (including phenoxy) is 1. The SMILES string of the molecule is Cl.NCCC1CCN(C(=O)C2(c3ccccc3)CCOC2)CC1. The zero-order valence-corrected chi connectivity index (χ0v) is 14.4. The Kier molecular flexibility index (Phi) is 6.45. The van der Waals surface area contributed by atoms with Crippen LogP contribution in [0.1, 0.15) is 31.2 Å². The van der Waals surface area contributed by atoms with Crippen LogP contribution >= 0.6 is 12.4 Å².